The monoisotopic (exact) mass is 229 g/mol. The van der Waals surface area contributed by atoms with Crippen LogP contribution in [0, 0.1) is 5.41 Å². The van der Waals surface area contributed by atoms with E-state index in [1.54, 1.807) is 20.8 Å². The molecule has 0 spiro atoms. The maximum atomic E-state index is 11.5. The van der Waals surface area contributed by atoms with Gasteiger partial charge in [-0.05, 0) is 20.8 Å². The molecule has 16 heavy (non-hydrogen) atoms. The normalized spacial score (nSPS) is 23.8. The minimum Gasteiger partial charge on any atom is -0.463 e. The van der Waals surface area contributed by atoms with Gasteiger partial charge in [-0.2, -0.15) is 0 Å². The zero-order valence-corrected chi connectivity index (χ0v) is 10.4. The Morgan fingerprint density at radius 1 is 1.50 bits per heavy atom. The summed E-state index contributed by atoms with van der Waals surface area (Å²) < 4.78 is 9.99. The van der Waals surface area contributed by atoms with E-state index in [-0.39, 0.29) is 0 Å². The average molecular weight is 229 g/mol. The van der Waals surface area contributed by atoms with Gasteiger partial charge in [0.2, 0.25) is 0 Å². The van der Waals surface area contributed by atoms with Crippen molar-refractivity contribution in [3.8, 4) is 0 Å². The lowest BCUT2D eigenvalue weighted by molar-refractivity contribution is -0.139. The molecule has 1 aliphatic rings. The van der Waals surface area contributed by atoms with Crippen molar-refractivity contribution in [1.29, 1.82) is 0 Å². The summed E-state index contributed by atoms with van der Waals surface area (Å²) in [6.07, 6.45) is -0.593. The molecule has 0 saturated carbocycles. The van der Waals surface area contributed by atoms with Crippen LogP contribution in [0.15, 0.2) is 0 Å². The lowest BCUT2D eigenvalue weighted by atomic mass is 9.88. The average Bonchev–Trinajstić information content (AvgIpc) is 2.28. The van der Waals surface area contributed by atoms with Gasteiger partial charge in [0.15, 0.2) is 0 Å². The minimum atomic E-state index is -0.637. The zero-order valence-electron chi connectivity index (χ0n) is 10.4. The van der Waals surface area contributed by atoms with Crippen LogP contribution >= 0.6 is 0 Å². The minimum absolute atomic E-state index is 0.312. The highest BCUT2D eigenvalue weighted by molar-refractivity contribution is 5.83. The fourth-order valence-electron chi connectivity index (χ4n) is 1.42. The van der Waals surface area contributed by atoms with E-state index in [1.165, 1.54) is 0 Å². The van der Waals surface area contributed by atoms with E-state index in [0.717, 1.165) is 0 Å². The summed E-state index contributed by atoms with van der Waals surface area (Å²) in [7, 11) is 0. The molecule has 1 atom stereocenters. The van der Waals surface area contributed by atoms with Crippen LogP contribution in [-0.2, 0) is 14.3 Å². The predicted octanol–water partition coefficient (Wildman–Crippen LogP) is 1.46. The third kappa shape index (κ3) is 3.12. The number of ether oxygens (including phenoxy) is 2. The smallest absolute Gasteiger partial charge is 0.408 e. The van der Waals surface area contributed by atoms with E-state index < -0.39 is 29.1 Å². The topological polar surface area (TPSA) is 64.6 Å². The predicted molar refractivity (Wildman–Crippen MR) is 57.9 cm³/mol. The molecule has 1 aliphatic heterocycles. The number of rotatable bonds is 1. The van der Waals surface area contributed by atoms with Crippen LogP contribution in [0.2, 0.25) is 0 Å². The van der Waals surface area contributed by atoms with Crippen LogP contribution < -0.4 is 5.32 Å². The molecule has 1 saturated heterocycles. The molecule has 0 aromatic heterocycles. The first-order chi connectivity index (χ1) is 7.12. The summed E-state index contributed by atoms with van der Waals surface area (Å²) >= 11 is 0. The maximum absolute atomic E-state index is 11.5. The molecule has 1 unspecified atom stereocenters. The SMILES string of the molecule is CC(C)(C)OC(=O)NC1C(=O)OCC1(C)C. The highest BCUT2D eigenvalue weighted by atomic mass is 16.6. The fourth-order valence-corrected chi connectivity index (χ4v) is 1.42. The van der Waals surface area contributed by atoms with Gasteiger partial charge in [-0.1, -0.05) is 13.8 Å². The molecule has 5 nitrogen and oxygen atoms in total. The van der Waals surface area contributed by atoms with Crippen molar-refractivity contribution in [3.63, 3.8) is 0 Å². The molecule has 1 fully saturated rings. The highest BCUT2D eigenvalue weighted by Gasteiger charge is 2.45. The number of carbonyl (C=O) groups is 2. The van der Waals surface area contributed by atoms with Crippen LogP contribution in [-0.4, -0.2) is 30.3 Å². The Labute approximate surface area is 95.5 Å². The van der Waals surface area contributed by atoms with E-state index in [9.17, 15) is 9.59 Å². The molecular weight excluding hydrogens is 210 g/mol. The second-order valence-corrected chi connectivity index (χ2v) is 5.68. The maximum Gasteiger partial charge on any atom is 0.408 e. The van der Waals surface area contributed by atoms with Crippen molar-refractivity contribution in [2.75, 3.05) is 6.61 Å². The van der Waals surface area contributed by atoms with Crippen molar-refractivity contribution in [1.82, 2.24) is 5.32 Å². The molecule has 1 rings (SSSR count). The van der Waals surface area contributed by atoms with Gasteiger partial charge in [0.05, 0.1) is 6.61 Å². The Morgan fingerprint density at radius 3 is 2.44 bits per heavy atom. The molecular formula is C11H19NO4. The molecule has 0 bridgehead atoms. The lowest BCUT2D eigenvalue weighted by Crippen LogP contribution is -2.48. The number of amides is 1. The molecule has 1 N–H and O–H groups in total. The van der Waals surface area contributed by atoms with Gasteiger partial charge in [-0.25, -0.2) is 9.59 Å². The molecule has 0 aromatic carbocycles. The first-order valence-electron chi connectivity index (χ1n) is 5.28. The van der Waals surface area contributed by atoms with E-state index in [4.69, 9.17) is 9.47 Å². The quantitative estimate of drug-likeness (QED) is 0.691. The second kappa shape index (κ2) is 3.96. The Balaban J connectivity index is 2.60. The first kappa shape index (κ1) is 12.8. The van der Waals surface area contributed by atoms with Gasteiger partial charge >= 0.3 is 12.1 Å². The standard InChI is InChI=1S/C11H19NO4/c1-10(2,3)16-9(14)12-7-8(13)15-6-11(7,4)5/h7H,6H2,1-5H3,(H,12,14). The van der Waals surface area contributed by atoms with Crippen molar-refractivity contribution in [3.05, 3.63) is 0 Å². The lowest BCUT2D eigenvalue weighted by Gasteiger charge is -2.25. The van der Waals surface area contributed by atoms with Crippen molar-refractivity contribution >= 4 is 12.1 Å². The van der Waals surface area contributed by atoms with Crippen molar-refractivity contribution in [2.45, 2.75) is 46.3 Å². The third-order valence-corrected chi connectivity index (χ3v) is 2.26. The summed E-state index contributed by atoms with van der Waals surface area (Å²) in [4.78, 5) is 22.9. The summed E-state index contributed by atoms with van der Waals surface area (Å²) in [5.74, 6) is -0.407. The van der Waals surface area contributed by atoms with Gasteiger partial charge in [0.1, 0.15) is 11.6 Å². The Bertz CT molecular complexity index is 304. The summed E-state index contributed by atoms with van der Waals surface area (Å²) in [6.45, 7) is 9.34. The van der Waals surface area contributed by atoms with Crippen LogP contribution in [0.3, 0.4) is 0 Å². The Hall–Kier alpha value is -1.26. The van der Waals surface area contributed by atoms with Gasteiger partial charge in [-0.3, -0.25) is 0 Å². The van der Waals surface area contributed by atoms with E-state index >= 15 is 0 Å². The number of cyclic esters (lactones) is 1. The highest BCUT2D eigenvalue weighted by Crippen LogP contribution is 2.28. The van der Waals surface area contributed by atoms with Gasteiger partial charge < -0.3 is 14.8 Å². The third-order valence-electron chi connectivity index (χ3n) is 2.26. The Kier molecular flexibility index (Phi) is 3.17. The molecule has 5 heteroatoms. The summed E-state index contributed by atoms with van der Waals surface area (Å²) in [5, 5.41) is 2.54. The molecule has 92 valence electrons. The number of alkyl carbamates (subject to hydrolysis) is 1. The van der Waals surface area contributed by atoms with Crippen LogP contribution in [0.25, 0.3) is 0 Å². The largest absolute Gasteiger partial charge is 0.463 e. The van der Waals surface area contributed by atoms with Gasteiger partial charge in [0, 0.05) is 5.41 Å². The van der Waals surface area contributed by atoms with Gasteiger partial charge in [0.25, 0.3) is 0 Å². The second-order valence-electron chi connectivity index (χ2n) is 5.68. The Morgan fingerprint density at radius 2 is 2.06 bits per heavy atom. The number of esters is 1. The molecule has 1 heterocycles. The number of nitrogens with one attached hydrogen (secondary N) is 1. The summed E-state index contributed by atoms with van der Waals surface area (Å²) in [6, 6.07) is -0.637. The van der Waals surface area contributed by atoms with Crippen LogP contribution in [0.1, 0.15) is 34.6 Å². The molecule has 1 amide bonds. The van der Waals surface area contributed by atoms with E-state index in [0.29, 0.717) is 6.61 Å². The number of hydrogen-bond acceptors (Lipinski definition) is 4. The van der Waals surface area contributed by atoms with Crippen LogP contribution in [0.5, 0.6) is 0 Å². The molecule has 0 radical (unpaired) electrons. The van der Waals surface area contributed by atoms with E-state index in [1.807, 2.05) is 13.8 Å². The zero-order chi connectivity index (χ0) is 12.6. The van der Waals surface area contributed by atoms with Gasteiger partial charge in [-0.15, -0.1) is 0 Å². The van der Waals surface area contributed by atoms with Crippen LogP contribution in [0.4, 0.5) is 4.79 Å². The number of carbonyl (C=O) groups excluding carboxylic acids is 2. The van der Waals surface area contributed by atoms with Crippen molar-refractivity contribution in [2.24, 2.45) is 5.41 Å². The summed E-state index contributed by atoms with van der Waals surface area (Å²) in [5.41, 5.74) is -0.968. The number of hydrogen-bond donors (Lipinski definition) is 1. The van der Waals surface area contributed by atoms with Crippen molar-refractivity contribution < 1.29 is 19.1 Å². The first-order valence-corrected chi connectivity index (χ1v) is 5.28. The van der Waals surface area contributed by atoms with E-state index in [2.05, 4.69) is 5.32 Å². The molecule has 0 aliphatic carbocycles. The molecule has 0 aromatic rings. The fraction of sp³-hybridized carbons (Fsp3) is 0.818.